The van der Waals surface area contributed by atoms with Gasteiger partial charge in [0, 0.05) is 30.1 Å². The summed E-state index contributed by atoms with van der Waals surface area (Å²) >= 11 is 1.82. The molecule has 0 bridgehead atoms. The molecule has 1 heterocycles. The first-order chi connectivity index (χ1) is 7.50. The zero-order valence-electron chi connectivity index (χ0n) is 10.8. The summed E-state index contributed by atoms with van der Waals surface area (Å²) < 4.78 is 0. The fraction of sp³-hybridized carbons (Fsp3) is 0.692. The van der Waals surface area contributed by atoms with Gasteiger partial charge in [-0.25, -0.2) is 0 Å². The molecule has 0 aromatic carbocycles. The zero-order valence-corrected chi connectivity index (χ0v) is 11.6. The molecule has 0 fully saturated rings. The smallest absolute Gasteiger partial charge is 0.0331 e. The summed E-state index contributed by atoms with van der Waals surface area (Å²) in [5.74, 6) is 0.546. The van der Waals surface area contributed by atoms with Crippen LogP contribution in [0.15, 0.2) is 17.5 Å². The highest BCUT2D eigenvalue weighted by atomic mass is 32.1. The summed E-state index contributed by atoms with van der Waals surface area (Å²) in [6, 6.07) is 5.12. The van der Waals surface area contributed by atoms with E-state index in [0.29, 0.717) is 12.0 Å². The molecule has 3 heteroatoms. The molecule has 0 aliphatic carbocycles. The summed E-state index contributed by atoms with van der Waals surface area (Å²) in [5, 5.41) is 2.14. The van der Waals surface area contributed by atoms with Crippen molar-refractivity contribution in [2.75, 3.05) is 6.54 Å². The molecule has 1 rings (SSSR count). The van der Waals surface area contributed by atoms with Crippen LogP contribution < -0.4 is 5.73 Å². The lowest BCUT2D eigenvalue weighted by molar-refractivity contribution is 0.188. The van der Waals surface area contributed by atoms with Crippen molar-refractivity contribution in [1.82, 2.24) is 4.90 Å². The van der Waals surface area contributed by atoms with E-state index >= 15 is 0 Å². The Labute approximate surface area is 103 Å². The molecular formula is C13H24N2S. The molecule has 1 aromatic rings. The summed E-state index contributed by atoms with van der Waals surface area (Å²) in [4.78, 5) is 3.88. The first kappa shape index (κ1) is 13.7. The third-order valence-electron chi connectivity index (χ3n) is 2.97. The normalized spacial score (nSPS) is 14.0. The van der Waals surface area contributed by atoms with E-state index in [4.69, 9.17) is 5.73 Å². The first-order valence-electron chi connectivity index (χ1n) is 6.02. The maximum absolute atomic E-state index is 6.15. The van der Waals surface area contributed by atoms with E-state index in [-0.39, 0.29) is 6.04 Å². The van der Waals surface area contributed by atoms with E-state index in [1.165, 1.54) is 4.88 Å². The molecular weight excluding hydrogens is 216 g/mol. The molecule has 1 aromatic heterocycles. The topological polar surface area (TPSA) is 29.3 Å². The van der Waals surface area contributed by atoms with Crippen molar-refractivity contribution < 1.29 is 0 Å². The minimum absolute atomic E-state index is 0.266. The molecule has 0 aliphatic heterocycles. The monoisotopic (exact) mass is 240 g/mol. The quantitative estimate of drug-likeness (QED) is 0.828. The molecule has 16 heavy (non-hydrogen) atoms. The fourth-order valence-electron chi connectivity index (χ4n) is 1.54. The van der Waals surface area contributed by atoms with Crippen molar-refractivity contribution in [3.05, 3.63) is 22.4 Å². The largest absolute Gasteiger partial charge is 0.326 e. The van der Waals surface area contributed by atoms with E-state index in [1.807, 2.05) is 11.3 Å². The minimum Gasteiger partial charge on any atom is -0.326 e. The Balaban J connectivity index is 2.54. The van der Waals surface area contributed by atoms with Gasteiger partial charge in [0.25, 0.3) is 0 Å². The lowest BCUT2D eigenvalue weighted by Gasteiger charge is -2.30. The van der Waals surface area contributed by atoms with Crippen molar-refractivity contribution >= 4 is 11.3 Å². The van der Waals surface area contributed by atoms with E-state index < -0.39 is 0 Å². The first-order valence-corrected chi connectivity index (χ1v) is 6.90. The molecule has 0 radical (unpaired) electrons. The van der Waals surface area contributed by atoms with Crippen molar-refractivity contribution in [3.8, 4) is 0 Å². The number of nitrogens with zero attached hydrogens (tertiary/aromatic N) is 1. The van der Waals surface area contributed by atoms with Crippen LogP contribution in [0.5, 0.6) is 0 Å². The molecule has 1 unspecified atom stereocenters. The highest BCUT2D eigenvalue weighted by Gasteiger charge is 2.16. The number of hydrogen-bond acceptors (Lipinski definition) is 3. The summed E-state index contributed by atoms with van der Waals surface area (Å²) in [6.07, 6.45) is 0. The van der Waals surface area contributed by atoms with Crippen molar-refractivity contribution in [2.45, 2.75) is 46.3 Å². The average molecular weight is 240 g/mol. The molecule has 0 amide bonds. The summed E-state index contributed by atoms with van der Waals surface area (Å²) in [7, 11) is 0. The molecule has 1 atom stereocenters. The van der Waals surface area contributed by atoms with Gasteiger partial charge in [-0.15, -0.1) is 11.3 Å². The summed E-state index contributed by atoms with van der Waals surface area (Å²) in [5.41, 5.74) is 6.15. The van der Waals surface area contributed by atoms with E-state index in [0.717, 1.165) is 13.1 Å². The highest BCUT2D eigenvalue weighted by Crippen LogP contribution is 2.15. The van der Waals surface area contributed by atoms with Gasteiger partial charge in [-0.2, -0.15) is 0 Å². The third kappa shape index (κ3) is 4.24. The predicted octanol–water partition coefficient (Wildman–Crippen LogP) is 2.94. The standard InChI is InChI=1S/C13H24N2S/c1-10(2)13(14)9-15(11(3)4)8-12-6-5-7-16-12/h5-7,10-11,13H,8-9,14H2,1-4H3. The van der Waals surface area contributed by atoms with Gasteiger partial charge in [0.15, 0.2) is 0 Å². The van der Waals surface area contributed by atoms with Crippen LogP contribution in [0.3, 0.4) is 0 Å². The van der Waals surface area contributed by atoms with Gasteiger partial charge in [0.1, 0.15) is 0 Å². The Kier molecular flexibility index (Phi) is 5.46. The van der Waals surface area contributed by atoms with Crippen LogP contribution in [0.2, 0.25) is 0 Å². The van der Waals surface area contributed by atoms with Crippen molar-refractivity contribution in [1.29, 1.82) is 0 Å². The Morgan fingerprint density at radius 1 is 1.31 bits per heavy atom. The Morgan fingerprint density at radius 2 is 2.00 bits per heavy atom. The number of rotatable bonds is 6. The van der Waals surface area contributed by atoms with Crippen LogP contribution in [-0.4, -0.2) is 23.5 Å². The molecule has 2 nitrogen and oxygen atoms in total. The van der Waals surface area contributed by atoms with E-state index in [1.54, 1.807) is 0 Å². The molecule has 0 spiro atoms. The summed E-state index contributed by atoms with van der Waals surface area (Å²) in [6.45, 7) is 10.9. The van der Waals surface area contributed by atoms with Crippen LogP contribution in [0.25, 0.3) is 0 Å². The second kappa shape index (κ2) is 6.38. The number of thiophene rings is 1. The third-order valence-corrected chi connectivity index (χ3v) is 3.83. The SMILES string of the molecule is CC(C)C(N)CN(Cc1cccs1)C(C)C. The zero-order chi connectivity index (χ0) is 12.1. The second-order valence-electron chi connectivity index (χ2n) is 5.01. The van der Waals surface area contributed by atoms with Gasteiger partial charge in [-0.05, 0) is 31.2 Å². The van der Waals surface area contributed by atoms with Gasteiger partial charge >= 0.3 is 0 Å². The average Bonchev–Trinajstić information content (AvgIpc) is 2.68. The maximum atomic E-state index is 6.15. The fourth-order valence-corrected chi connectivity index (χ4v) is 2.27. The number of hydrogen-bond donors (Lipinski definition) is 1. The van der Waals surface area contributed by atoms with Crippen LogP contribution in [0, 0.1) is 5.92 Å². The second-order valence-corrected chi connectivity index (χ2v) is 6.04. The van der Waals surface area contributed by atoms with Gasteiger partial charge in [-0.1, -0.05) is 19.9 Å². The Morgan fingerprint density at radius 3 is 2.44 bits per heavy atom. The Bertz CT molecular complexity index is 280. The highest BCUT2D eigenvalue weighted by molar-refractivity contribution is 7.09. The van der Waals surface area contributed by atoms with Gasteiger partial charge in [0.05, 0.1) is 0 Å². The number of nitrogens with two attached hydrogens (primary N) is 1. The van der Waals surface area contributed by atoms with Crippen molar-refractivity contribution in [2.24, 2.45) is 11.7 Å². The molecule has 0 saturated heterocycles. The maximum Gasteiger partial charge on any atom is 0.0331 e. The molecule has 92 valence electrons. The van der Waals surface area contributed by atoms with E-state index in [2.05, 4.69) is 50.1 Å². The molecule has 0 aliphatic rings. The van der Waals surface area contributed by atoms with Crippen molar-refractivity contribution in [3.63, 3.8) is 0 Å². The Hall–Kier alpha value is -0.380. The van der Waals surface area contributed by atoms with Crippen LogP contribution in [0.1, 0.15) is 32.6 Å². The van der Waals surface area contributed by atoms with Gasteiger partial charge in [-0.3, -0.25) is 4.90 Å². The molecule has 2 N–H and O–H groups in total. The lowest BCUT2D eigenvalue weighted by atomic mass is 10.0. The van der Waals surface area contributed by atoms with Gasteiger partial charge in [0.2, 0.25) is 0 Å². The van der Waals surface area contributed by atoms with Crippen LogP contribution in [0.4, 0.5) is 0 Å². The molecule has 0 saturated carbocycles. The van der Waals surface area contributed by atoms with Gasteiger partial charge < -0.3 is 5.73 Å². The predicted molar refractivity (Wildman–Crippen MR) is 72.7 cm³/mol. The minimum atomic E-state index is 0.266. The lowest BCUT2D eigenvalue weighted by Crippen LogP contribution is -2.43. The van der Waals surface area contributed by atoms with Crippen LogP contribution in [-0.2, 0) is 6.54 Å². The van der Waals surface area contributed by atoms with Crippen LogP contribution >= 0.6 is 11.3 Å². The van der Waals surface area contributed by atoms with E-state index in [9.17, 15) is 0 Å².